The van der Waals surface area contributed by atoms with Crippen LogP contribution in [0.3, 0.4) is 0 Å². The normalized spacial score (nSPS) is 30.1. The lowest BCUT2D eigenvalue weighted by atomic mass is 9.72. The standard InChI is InChI=1S/C15H25N3/c1-10-5-6-13(9-11(10)2)15(16-4)14-7-8-17-12(3)18-14/h7-8,10-11,13,15-16H,5-6,9H2,1-4H3. The van der Waals surface area contributed by atoms with E-state index in [4.69, 9.17) is 0 Å². The molecular formula is C15H25N3. The third kappa shape index (κ3) is 2.89. The smallest absolute Gasteiger partial charge is 0.125 e. The highest BCUT2D eigenvalue weighted by atomic mass is 15.0. The van der Waals surface area contributed by atoms with Crippen LogP contribution in [0, 0.1) is 24.7 Å². The van der Waals surface area contributed by atoms with Gasteiger partial charge in [-0.15, -0.1) is 0 Å². The molecule has 0 saturated heterocycles. The molecule has 1 aliphatic carbocycles. The van der Waals surface area contributed by atoms with E-state index in [1.165, 1.54) is 19.3 Å². The van der Waals surface area contributed by atoms with E-state index in [1.807, 2.05) is 20.2 Å². The summed E-state index contributed by atoms with van der Waals surface area (Å²) in [6.45, 7) is 6.72. The van der Waals surface area contributed by atoms with Crippen molar-refractivity contribution >= 4 is 0 Å². The predicted molar refractivity (Wildman–Crippen MR) is 74.2 cm³/mol. The SMILES string of the molecule is CNC(c1ccnc(C)n1)C1CCC(C)C(C)C1. The first-order chi connectivity index (χ1) is 8.61. The van der Waals surface area contributed by atoms with Gasteiger partial charge in [0.25, 0.3) is 0 Å². The van der Waals surface area contributed by atoms with Gasteiger partial charge in [-0.3, -0.25) is 0 Å². The topological polar surface area (TPSA) is 37.8 Å². The van der Waals surface area contributed by atoms with Crippen molar-refractivity contribution in [3.8, 4) is 0 Å². The van der Waals surface area contributed by atoms with Crippen LogP contribution in [0.15, 0.2) is 12.3 Å². The maximum atomic E-state index is 4.59. The number of rotatable bonds is 3. The molecule has 1 aromatic heterocycles. The van der Waals surface area contributed by atoms with Gasteiger partial charge in [-0.05, 0) is 50.6 Å². The summed E-state index contributed by atoms with van der Waals surface area (Å²) in [4.78, 5) is 8.78. The maximum Gasteiger partial charge on any atom is 0.125 e. The van der Waals surface area contributed by atoms with E-state index in [2.05, 4.69) is 35.2 Å². The number of nitrogens with zero attached hydrogens (tertiary/aromatic N) is 2. The van der Waals surface area contributed by atoms with Gasteiger partial charge in [0.1, 0.15) is 5.82 Å². The van der Waals surface area contributed by atoms with Gasteiger partial charge in [0.2, 0.25) is 0 Å². The van der Waals surface area contributed by atoms with E-state index in [0.717, 1.165) is 23.4 Å². The van der Waals surface area contributed by atoms with Crippen molar-refractivity contribution < 1.29 is 0 Å². The van der Waals surface area contributed by atoms with Crippen LogP contribution >= 0.6 is 0 Å². The first-order valence-electron chi connectivity index (χ1n) is 7.08. The Hall–Kier alpha value is -0.960. The Bertz CT molecular complexity index is 391. The average molecular weight is 247 g/mol. The molecule has 0 spiro atoms. The van der Waals surface area contributed by atoms with Crippen LogP contribution in [-0.2, 0) is 0 Å². The molecule has 1 heterocycles. The second-order valence-electron chi connectivity index (χ2n) is 5.82. The fourth-order valence-corrected chi connectivity index (χ4v) is 3.16. The van der Waals surface area contributed by atoms with Crippen molar-refractivity contribution in [3.63, 3.8) is 0 Å². The zero-order valence-electron chi connectivity index (χ0n) is 12.0. The molecule has 1 fully saturated rings. The summed E-state index contributed by atoms with van der Waals surface area (Å²) >= 11 is 0. The van der Waals surface area contributed by atoms with Crippen molar-refractivity contribution in [3.05, 3.63) is 23.8 Å². The van der Waals surface area contributed by atoms with Crippen molar-refractivity contribution in [2.24, 2.45) is 17.8 Å². The largest absolute Gasteiger partial charge is 0.311 e. The van der Waals surface area contributed by atoms with Gasteiger partial charge in [0.05, 0.1) is 11.7 Å². The summed E-state index contributed by atoms with van der Waals surface area (Å²) in [6.07, 6.45) is 5.82. The van der Waals surface area contributed by atoms with Gasteiger partial charge >= 0.3 is 0 Å². The van der Waals surface area contributed by atoms with Crippen LogP contribution < -0.4 is 5.32 Å². The molecule has 1 aromatic rings. The van der Waals surface area contributed by atoms with Crippen LogP contribution in [-0.4, -0.2) is 17.0 Å². The lowest BCUT2D eigenvalue weighted by Crippen LogP contribution is -2.32. The summed E-state index contributed by atoms with van der Waals surface area (Å²) < 4.78 is 0. The fraction of sp³-hybridized carbons (Fsp3) is 0.733. The first kappa shape index (κ1) is 13.5. The molecule has 1 aliphatic rings. The van der Waals surface area contributed by atoms with Crippen LogP contribution in [0.1, 0.15) is 50.7 Å². The minimum atomic E-state index is 0.377. The fourth-order valence-electron chi connectivity index (χ4n) is 3.16. The molecule has 100 valence electrons. The molecule has 0 amide bonds. The summed E-state index contributed by atoms with van der Waals surface area (Å²) in [5.41, 5.74) is 1.15. The minimum Gasteiger partial charge on any atom is -0.311 e. The van der Waals surface area contributed by atoms with Gasteiger partial charge in [0, 0.05) is 6.20 Å². The molecule has 4 atom stereocenters. The molecule has 4 unspecified atom stereocenters. The van der Waals surface area contributed by atoms with Gasteiger partial charge in [-0.1, -0.05) is 20.3 Å². The van der Waals surface area contributed by atoms with Crippen LogP contribution in [0.2, 0.25) is 0 Å². The van der Waals surface area contributed by atoms with Crippen LogP contribution in [0.4, 0.5) is 0 Å². The van der Waals surface area contributed by atoms with E-state index in [1.54, 1.807) is 0 Å². The quantitative estimate of drug-likeness (QED) is 0.891. The molecule has 0 bridgehead atoms. The molecule has 2 rings (SSSR count). The number of nitrogens with one attached hydrogen (secondary N) is 1. The number of aromatic nitrogens is 2. The molecule has 1 saturated carbocycles. The highest BCUT2D eigenvalue weighted by molar-refractivity contribution is 5.09. The second-order valence-corrected chi connectivity index (χ2v) is 5.82. The molecular weight excluding hydrogens is 222 g/mol. The van der Waals surface area contributed by atoms with Crippen molar-refractivity contribution in [1.82, 2.24) is 15.3 Å². The summed E-state index contributed by atoms with van der Waals surface area (Å²) in [6, 6.07) is 2.43. The monoisotopic (exact) mass is 247 g/mol. The lowest BCUT2D eigenvalue weighted by Gasteiger charge is -2.36. The van der Waals surface area contributed by atoms with Gasteiger partial charge in [0.15, 0.2) is 0 Å². The zero-order valence-corrected chi connectivity index (χ0v) is 12.0. The predicted octanol–water partition coefficient (Wildman–Crippen LogP) is 3.12. The Morgan fingerprint density at radius 2 is 2.06 bits per heavy atom. The summed E-state index contributed by atoms with van der Waals surface area (Å²) in [7, 11) is 2.05. The molecule has 1 N–H and O–H groups in total. The number of aryl methyl sites for hydroxylation is 1. The van der Waals surface area contributed by atoms with Crippen molar-refractivity contribution in [1.29, 1.82) is 0 Å². The molecule has 3 heteroatoms. The van der Waals surface area contributed by atoms with Gasteiger partial charge in [-0.25, -0.2) is 9.97 Å². The summed E-state index contributed by atoms with van der Waals surface area (Å²) in [5, 5.41) is 3.46. The molecule has 0 radical (unpaired) electrons. The third-order valence-corrected chi connectivity index (χ3v) is 4.54. The molecule has 3 nitrogen and oxygen atoms in total. The van der Waals surface area contributed by atoms with E-state index in [0.29, 0.717) is 12.0 Å². The Labute approximate surface area is 110 Å². The number of hydrogen-bond donors (Lipinski definition) is 1. The highest BCUT2D eigenvalue weighted by Gasteiger charge is 2.30. The van der Waals surface area contributed by atoms with E-state index in [-0.39, 0.29) is 0 Å². The average Bonchev–Trinajstić information content (AvgIpc) is 2.35. The van der Waals surface area contributed by atoms with E-state index < -0.39 is 0 Å². The van der Waals surface area contributed by atoms with Crippen LogP contribution in [0.25, 0.3) is 0 Å². The Morgan fingerprint density at radius 1 is 1.28 bits per heavy atom. The number of hydrogen-bond acceptors (Lipinski definition) is 3. The molecule has 0 aromatic carbocycles. The molecule has 18 heavy (non-hydrogen) atoms. The first-order valence-corrected chi connectivity index (χ1v) is 7.08. The Balaban J connectivity index is 2.14. The highest BCUT2D eigenvalue weighted by Crippen LogP contribution is 2.39. The lowest BCUT2D eigenvalue weighted by molar-refractivity contribution is 0.173. The third-order valence-electron chi connectivity index (χ3n) is 4.54. The minimum absolute atomic E-state index is 0.377. The Morgan fingerprint density at radius 3 is 2.67 bits per heavy atom. The zero-order chi connectivity index (χ0) is 13.1. The van der Waals surface area contributed by atoms with E-state index >= 15 is 0 Å². The van der Waals surface area contributed by atoms with E-state index in [9.17, 15) is 0 Å². The van der Waals surface area contributed by atoms with Crippen molar-refractivity contribution in [2.45, 2.75) is 46.1 Å². The summed E-state index contributed by atoms with van der Waals surface area (Å²) in [5.74, 6) is 3.26. The molecule has 0 aliphatic heterocycles. The maximum absolute atomic E-state index is 4.59. The van der Waals surface area contributed by atoms with Crippen molar-refractivity contribution in [2.75, 3.05) is 7.05 Å². The van der Waals surface area contributed by atoms with Gasteiger partial charge < -0.3 is 5.32 Å². The van der Waals surface area contributed by atoms with Gasteiger partial charge in [-0.2, -0.15) is 0 Å². The van der Waals surface area contributed by atoms with Crippen LogP contribution in [0.5, 0.6) is 0 Å². The Kier molecular flexibility index (Phi) is 4.33. The second kappa shape index (κ2) is 5.79.